The molecule has 13 heavy (non-hydrogen) atoms. The van der Waals surface area contributed by atoms with Gasteiger partial charge in [0.05, 0.1) is 12.1 Å². The van der Waals surface area contributed by atoms with Crippen LogP contribution < -0.4 is 5.73 Å². The van der Waals surface area contributed by atoms with Crippen molar-refractivity contribution in [3.8, 4) is 0 Å². The number of aromatic amines is 1. The molecule has 0 aromatic carbocycles. The zero-order chi connectivity index (χ0) is 9.59. The Morgan fingerprint density at radius 2 is 2.15 bits per heavy atom. The van der Waals surface area contributed by atoms with Crippen LogP contribution in [0.4, 0.5) is 0 Å². The van der Waals surface area contributed by atoms with Crippen LogP contribution >= 0.6 is 0 Å². The van der Waals surface area contributed by atoms with Gasteiger partial charge in [0.2, 0.25) is 0 Å². The van der Waals surface area contributed by atoms with Crippen LogP contribution in [0.1, 0.15) is 22.5 Å². The zero-order valence-corrected chi connectivity index (χ0v) is 7.64. The van der Waals surface area contributed by atoms with E-state index in [1.807, 2.05) is 13.8 Å². The zero-order valence-electron chi connectivity index (χ0n) is 7.64. The molecule has 1 aromatic heterocycles. The van der Waals surface area contributed by atoms with Gasteiger partial charge in [0.25, 0.3) is 5.91 Å². The minimum atomic E-state index is -0.160. The van der Waals surface area contributed by atoms with Crippen LogP contribution in [0.5, 0.6) is 0 Å². The van der Waals surface area contributed by atoms with Crippen molar-refractivity contribution in [3.05, 3.63) is 22.5 Å². The molecule has 1 aliphatic heterocycles. The van der Waals surface area contributed by atoms with Gasteiger partial charge in [-0.15, -0.1) is 0 Å². The van der Waals surface area contributed by atoms with Gasteiger partial charge in [-0.25, -0.2) is 0 Å². The van der Waals surface area contributed by atoms with Gasteiger partial charge in [0, 0.05) is 5.69 Å². The summed E-state index contributed by atoms with van der Waals surface area (Å²) in [5, 5.41) is 0. The second-order valence-corrected chi connectivity index (χ2v) is 3.30. The minimum Gasteiger partial charge on any atom is -0.382 e. The van der Waals surface area contributed by atoms with E-state index in [9.17, 15) is 4.79 Å². The number of aliphatic imine (C=N–C) groups is 1. The van der Waals surface area contributed by atoms with E-state index in [1.54, 1.807) is 0 Å². The Labute approximate surface area is 75.9 Å². The number of nitrogens with zero attached hydrogens (tertiary/aromatic N) is 1. The highest BCUT2D eigenvalue weighted by Crippen LogP contribution is 2.21. The third kappa shape index (κ3) is 1.06. The number of nitrogens with two attached hydrogens (primary N) is 1. The van der Waals surface area contributed by atoms with E-state index in [0.717, 1.165) is 22.5 Å². The third-order valence-electron chi connectivity index (χ3n) is 2.46. The molecule has 1 amide bonds. The molecule has 2 heterocycles. The minimum absolute atomic E-state index is 0.160. The Morgan fingerprint density at radius 3 is 2.85 bits per heavy atom. The number of H-pyrrole nitrogens is 1. The van der Waals surface area contributed by atoms with E-state index in [0.29, 0.717) is 12.3 Å². The molecule has 0 saturated carbocycles. The summed E-state index contributed by atoms with van der Waals surface area (Å²) >= 11 is 0. The summed E-state index contributed by atoms with van der Waals surface area (Å²) in [6, 6.07) is 0. The third-order valence-corrected chi connectivity index (χ3v) is 2.46. The molecule has 4 heteroatoms. The maximum absolute atomic E-state index is 11.1. The fraction of sp³-hybridized carbons (Fsp3) is 0.333. The quantitative estimate of drug-likeness (QED) is 0.602. The van der Waals surface area contributed by atoms with Crippen molar-refractivity contribution in [1.82, 2.24) is 4.98 Å². The average Bonchev–Trinajstić information content (AvgIpc) is 2.32. The Balaban J connectivity index is 2.66. The van der Waals surface area contributed by atoms with Crippen LogP contribution in [0.15, 0.2) is 4.99 Å². The lowest BCUT2D eigenvalue weighted by atomic mass is 10.0. The molecule has 3 N–H and O–H groups in total. The number of nitrogens with one attached hydrogen (secondary N) is 1. The first-order valence-corrected chi connectivity index (χ1v) is 4.15. The van der Waals surface area contributed by atoms with Crippen molar-refractivity contribution < 1.29 is 4.79 Å². The first kappa shape index (κ1) is 8.04. The molecule has 0 fully saturated rings. The van der Waals surface area contributed by atoms with E-state index in [4.69, 9.17) is 5.73 Å². The van der Waals surface area contributed by atoms with E-state index >= 15 is 0 Å². The molecule has 0 atom stereocenters. The fourth-order valence-electron chi connectivity index (χ4n) is 1.59. The summed E-state index contributed by atoms with van der Waals surface area (Å²) in [7, 11) is 0. The SMILES string of the molecule is Cc1[nH]c2c(c1C)CC(=O)N=C2N. The summed E-state index contributed by atoms with van der Waals surface area (Å²) in [5.74, 6) is 0.148. The Hall–Kier alpha value is -1.58. The standard InChI is InChI=1S/C9H11N3O/c1-4-5(2)11-8-6(4)3-7(13)12-9(8)10/h11H,3H2,1-2H3,(H2,10,12,13). The van der Waals surface area contributed by atoms with Gasteiger partial charge in [-0.1, -0.05) is 0 Å². The van der Waals surface area contributed by atoms with Crippen molar-refractivity contribution >= 4 is 11.7 Å². The van der Waals surface area contributed by atoms with Gasteiger partial charge in [-0.2, -0.15) is 4.99 Å². The molecular weight excluding hydrogens is 166 g/mol. The van der Waals surface area contributed by atoms with Gasteiger partial charge < -0.3 is 10.7 Å². The maximum Gasteiger partial charge on any atom is 0.252 e. The molecule has 0 radical (unpaired) electrons. The molecule has 0 saturated heterocycles. The number of aryl methyl sites for hydroxylation is 1. The predicted molar refractivity (Wildman–Crippen MR) is 49.7 cm³/mol. The molecule has 0 aliphatic carbocycles. The molecule has 4 nitrogen and oxygen atoms in total. The van der Waals surface area contributed by atoms with Crippen molar-refractivity contribution in [2.75, 3.05) is 0 Å². The van der Waals surface area contributed by atoms with Crippen LogP contribution in [-0.4, -0.2) is 16.7 Å². The Morgan fingerprint density at radius 1 is 1.46 bits per heavy atom. The topological polar surface area (TPSA) is 71.2 Å². The van der Waals surface area contributed by atoms with E-state index < -0.39 is 0 Å². The first-order valence-electron chi connectivity index (χ1n) is 4.15. The highest BCUT2D eigenvalue weighted by atomic mass is 16.1. The monoisotopic (exact) mass is 177 g/mol. The molecule has 2 rings (SSSR count). The number of carbonyl (C=O) groups excluding carboxylic acids is 1. The molecule has 1 aromatic rings. The number of amidine groups is 1. The van der Waals surface area contributed by atoms with Gasteiger partial charge in [0.1, 0.15) is 0 Å². The van der Waals surface area contributed by atoms with Crippen LogP contribution in [0.3, 0.4) is 0 Å². The van der Waals surface area contributed by atoms with Gasteiger partial charge in [0.15, 0.2) is 5.84 Å². The van der Waals surface area contributed by atoms with Crippen LogP contribution in [0.2, 0.25) is 0 Å². The van der Waals surface area contributed by atoms with Crippen molar-refractivity contribution in [2.45, 2.75) is 20.3 Å². The smallest absolute Gasteiger partial charge is 0.252 e. The fourth-order valence-corrected chi connectivity index (χ4v) is 1.59. The Kier molecular flexibility index (Phi) is 1.52. The summed E-state index contributed by atoms with van der Waals surface area (Å²) in [6.07, 6.45) is 0.367. The second-order valence-electron chi connectivity index (χ2n) is 3.30. The van der Waals surface area contributed by atoms with E-state index in [1.165, 1.54) is 0 Å². The number of carbonyl (C=O) groups is 1. The molecular formula is C9H11N3O. The predicted octanol–water partition coefficient (Wildman–Crippen LogP) is 0.420. The van der Waals surface area contributed by atoms with Crippen LogP contribution in [0, 0.1) is 13.8 Å². The molecule has 0 unspecified atom stereocenters. The number of amides is 1. The number of fused-ring (bicyclic) bond motifs is 1. The summed E-state index contributed by atoms with van der Waals surface area (Å²) in [5.41, 5.74) is 9.59. The van der Waals surface area contributed by atoms with Crippen molar-refractivity contribution in [1.29, 1.82) is 0 Å². The largest absolute Gasteiger partial charge is 0.382 e. The molecule has 68 valence electrons. The van der Waals surface area contributed by atoms with Gasteiger partial charge in [-0.05, 0) is 25.0 Å². The molecule has 0 bridgehead atoms. The Bertz CT molecular complexity index is 415. The van der Waals surface area contributed by atoms with Gasteiger partial charge in [-0.3, -0.25) is 4.79 Å². The van der Waals surface area contributed by atoms with Crippen molar-refractivity contribution in [3.63, 3.8) is 0 Å². The summed E-state index contributed by atoms with van der Waals surface area (Å²) in [4.78, 5) is 17.9. The number of hydrogen-bond acceptors (Lipinski definition) is 2. The van der Waals surface area contributed by atoms with E-state index in [2.05, 4.69) is 9.98 Å². The maximum atomic E-state index is 11.1. The lowest BCUT2D eigenvalue weighted by Crippen LogP contribution is -2.23. The summed E-state index contributed by atoms with van der Waals surface area (Å²) < 4.78 is 0. The molecule has 1 aliphatic rings. The highest BCUT2D eigenvalue weighted by molar-refractivity contribution is 6.08. The number of aromatic nitrogens is 1. The first-order chi connectivity index (χ1) is 6.09. The number of rotatable bonds is 0. The summed E-state index contributed by atoms with van der Waals surface area (Å²) in [6.45, 7) is 3.95. The van der Waals surface area contributed by atoms with Crippen LogP contribution in [-0.2, 0) is 11.2 Å². The normalized spacial score (nSPS) is 15.5. The van der Waals surface area contributed by atoms with Crippen molar-refractivity contribution in [2.24, 2.45) is 10.7 Å². The lowest BCUT2D eigenvalue weighted by molar-refractivity contribution is -0.117. The highest BCUT2D eigenvalue weighted by Gasteiger charge is 2.21. The average molecular weight is 177 g/mol. The van der Waals surface area contributed by atoms with E-state index in [-0.39, 0.29) is 5.91 Å². The number of hydrogen-bond donors (Lipinski definition) is 2. The second kappa shape index (κ2) is 2.45. The van der Waals surface area contributed by atoms with Crippen LogP contribution in [0.25, 0.3) is 0 Å². The lowest BCUT2D eigenvalue weighted by Gasteiger charge is -2.07. The van der Waals surface area contributed by atoms with Gasteiger partial charge >= 0.3 is 0 Å². The molecule has 0 spiro atoms.